The summed E-state index contributed by atoms with van der Waals surface area (Å²) >= 11 is 0. The zero-order valence-corrected chi connectivity index (χ0v) is 15.9. The van der Waals surface area contributed by atoms with Crippen LogP contribution in [-0.2, 0) is 6.42 Å². The van der Waals surface area contributed by atoms with Crippen LogP contribution in [0.25, 0.3) is 10.8 Å². The van der Waals surface area contributed by atoms with Crippen molar-refractivity contribution >= 4 is 10.8 Å². The summed E-state index contributed by atoms with van der Waals surface area (Å²) < 4.78 is 46.0. The van der Waals surface area contributed by atoms with Crippen LogP contribution < -0.4 is 14.2 Å². The van der Waals surface area contributed by atoms with E-state index in [1.807, 2.05) is 32.0 Å². The lowest BCUT2D eigenvalue weighted by molar-refractivity contribution is -0.200. The Bertz CT molecular complexity index is 983. The molecule has 146 valence electrons. The highest BCUT2D eigenvalue weighted by Crippen LogP contribution is 2.47. The molecule has 4 rings (SSSR count). The van der Waals surface area contributed by atoms with Gasteiger partial charge in [-0.1, -0.05) is 24.3 Å². The van der Waals surface area contributed by atoms with E-state index in [1.165, 1.54) is 0 Å². The minimum atomic E-state index is -3.30. The van der Waals surface area contributed by atoms with Crippen molar-refractivity contribution in [3.63, 3.8) is 0 Å². The molecule has 0 fully saturated rings. The average Bonchev–Trinajstić information content (AvgIpc) is 2.68. The lowest BCUT2D eigenvalue weighted by atomic mass is 9.87. The third-order valence-electron chi connectivity index (χ3n) is 5.00. The summed E-state index contributed by atoms with van der Waals surface area (Å²) in [5, 5.41) is 1.49. The van der Waals surface area contributed by atoms with Gasteiger partial charge < -0.3 is 14.2 Å². The lowest BCUT2D eigenvalue weighted by Crippen LogP contribution is -2.38. The molecule has 3 aromatic carbocycles. The molecule has 0 N–H and O–H groups in total. The maximum atomic E-state index is 14.9. The van der Waals surface area contributed by atoms with E-state index in [2.05, 4.69) is 0 Å². The van der Waals surface area contributed by atoms with Crippen LogP contribution in [0.4, 0.5) is 8.78 Å². The molecule has 3 aromatic rings. The molecule has 0 aliphatic carbocycles. The van der Waals surface area contributed by atoms with E-state index >= 15 is 0 Å². The fraction of sp³-hybridized carbons (Fsp3) is 0.304. The van der Waals surface area contributed by atoms with E-state index in [0.717, 1.165) is 10.9 Å². The summed E-state index contributed by atoms with van der Waals surface area (Å²) in [5.74, 6) is 0.594. The zero-order valence-electron chi connectivity index (χ0n) is 15.9. The molecule has 0 aromatic heterocycles. The topological polar surface area (TPSA) is 27.7 Å². The summed E-state index contributed by atoms with van der Waals surface area (Å²) in [4.78, 5) is 0. The van der Waals surface area contributed by atoms with Crippen LogP contribution in [0.5, 0.6) is 17.2 Å². The Kier molecular flexibility index (Phi) is 4.84. The van der Waals surface area contributed by atoms with Gasteiger partial charge in [0, 0.05) is 5.39 Å². The van der Waals surface area contributed by atoms with Gasteiger partial charge in [-0.3, -0.25) is 0 Å². The first-order valence-electron chi connectivity index (χ1n) is 9.50. The third-order valence-corrected chi connectivity index (χ3v) is 5.00. The predicted molar refractivity (Wildman–Crippen MR) is 105 cm³/mol. The van der Waals surface area contributed by atoms with E-state index < -0.39 is 12.0 Å². The van der Waals surface area contributed by atoms with Crippen LogP contribution in [0.3, 0.4) is 0 Å². The van der Waals surface area contributed by atoms with Gasteiger partial charge >= 0.3 is 6.11 Å². The Morgan fingerprint density at radius 2 is 1.61 bits per heavy atom. The Balaban J connectivity index is 1.70. The normalized spacial score (nSPS) is 17.6. The molecule has 5 heteroatoms. The van der Waals surface area contributed by atoms with Crippen LogP contribution in [0.2, 0.25) is 0 Å². The molecular weight excluding hydrogens is 362 g/mol. The number of benzene rings is 3. The Morgan fingerprint density at radius 1 is 0.929 bits per heavy atom. The predicted octanol–water partition coefficient (Wildman–Crippen LogP) is 5.95. The SMILES string of the molecule is CCOc1ccc(C2Cc3ccc4cc(OCC)ccc4c3OC2(F)F)cc1. The highest BCUT2D eigenvalue weighted by Gasteiger charge is 2.47. The molecule has 1 atom stereocenters. The van der Waals surface area contributed by atoms with Crippen LogP contribution in [-0.4, -0.2) is 19.3 Å². The second-order valence-electron chi connectivity index (χ2n) is 6.79. The van der Waals surface area contributed by atoms with Crippen LogP contribution in [0, 0.1) is 0 Å². The van der Waals surface area contributed by atoms with E-state index in [1.54, 1.807) is 36.4 Å². The second-order valence-corrected chi connectivity index (χ2v) is 6.79. The fourth-order valence-electron chi connectivity index (χ4n) is 3.68. The van der Waals surface area contributed by atoms with Crippen LogP contribution >= 0.6 is 0 Å². The minimum Gasteiger partial charge on any atom is -0.494 e. The molecule has 1 heterocycles. The first-order valence-corrected chi connectivity index (χ1v) is 9.50. The third kappa shape index (κ3) is 3.37. The number of alkyl halides is 2. The minimum absolute atomic E-state index is 0.208. The number of halogens is 2. The van der Waals surface area contributed by atoms with E-state index in [0.29, 0.717) is 35.7 Å². The van der Waals surface area contributed by atoms with Crippen molar-refractivity contribution in [2.75, 3.05) is 13.2 Å². The molecule has 0 bridgehead atoms. The zero-order chi connectivity index (χ0) is 19.7. The molecular formula is C23H22F2O3. The maximum absolute atomic E-state index is 14.9. The highest BCUT2D eigenvalue weighted by atomic mass is 19.3. The molecule has 0 saturated heterocycles. The molecule has 0 amide bonds. The lowest BCUT2D eigenvalue weighted by Gasteiger charge is -2.34. The van der Waals surface area contributed by atoms with Crippen LogP contribution in [0.15, 0.2) is 54.6 Å². The number of ether oxygens (including phenoxy) is 3. The van der Waals surface area contributed by atoms with Crippen molar-refractivity contribution in [2.45, 2.75) is 32.3 Å². The summed E-state index contributed by atoms with van der Waals surface area (Å²) in [7, 11) is 0. The molecule has 1 unspecified atom stereocenters. The molecule has 0 radical (unpaired) electrons. The molecule has 0 spiro atoms. The van der Waals surface area contributed by atoms with Gasteiger partial charge in [0.05, 0.1) is 19.1 Å². The van der Waals surface area contributed by atoms with Crippen molar-refractivity contribution in [2.24, 2.45) is 0 Å². The summed E-state index contributed by atoms with van der Waals surface area (Å²) in [6, 6.07) is 16.0. The molecule has 28 heavy (non-hydrogen) atoms. The van der Waals surface area contributed by atoms with E-state index in [4.69, 9.17) is 14.2 Å². The van der Waals surface area contributed by atoms with Gasteiger partial charge in [0.2, 0.25) is 0 Å². The Morgan fingerprint density at radius 3 is 2.32 bits per heavy atom. The van der Waals surface area contributed by atoms with Gasteiger partial charge in [0.1, 0.15) is 17.2 Å². The van der Waals surface area contributed by atoms with Gasteiger partial charge in [-0.05, 0) is 67.1 Å². The van der Waals surface area contributed by atoms with E-state index in [-0.39, 0.29) is 12.2 Å². The fourth-order valence-corrected chi connectivity index (χ4v) is 3.68. The summed E-state index contributed by atoms with van der Waals surface area (Å²) in [6.07, 6.45) is -3.09. The monoisotopic (exact) mass is 384 g/mol. The van der Waals surface area contributed by atoms with E-state index in [9.17, 15) is 8.78 Å². The summed E-state index contributed by atoms with van der Waals surface area (Å²) in [6.45, 7) is 4.87. The highest BCUT2D eigenvalue weighted by molar-refractivity contribution is 5.91. The molecule has 3 nitrogen and oxygen atoms in total. The second kappa shape index (κ2) is 7.30. The maximum Gasteiger partial charge on any atom is 0.405 e. The average molecular weight is 384 g/mol. The quantitative estimate of drug-likeness (QED) is 0.544. The standard InChI is InChI=1S/C23H22F2O3/c1-3-26-18-9-7-15(8-10-18)21-14-17-6-5-16-13-19(27-4-2)11-12-20(16)22(17)28-23(21,24)25/h5-13,21H,3-4,14H2,1-2H3. The number of hydrogen-bond donors (Lipinski definition) is 0. The first-order chi connectivity index (χ1) is 13.5. The van der Waals surface area contributed by atoms with Gasteiger partial charge in [-0.15, -0.1) is 0 Å². The number of hydrogen-bond acceptors (Lipinski definition) is 3. The van der Waals surface area contributed by atoms with Gasteiger partial charge in [0.25, 0.3) is 0 Å². The molecule has 0 saturated carbocycles. The summed E-state index contributed by atoms with van der Waals surface area (Å²) in [5.41, 5.74) is 1.31. The van der Waals surface area contributed by atoms with Crippen molar-refractivity contribution in [3.05, 3.63) is 65.7 Å². The molecule has 1 aliphatic rings. The van der Waals surface area contributed by atoms with Crippen molar-refractivity contribution in [1.29, 1.82) is 0 Å². The molecule has 1 aliphatic heterocycles. The van der Waals surface area contributed by atoms with Crippen molar-refractivity contribution in [1.82, 2.24) is 0 Å². The van der Waals surface area contributed by atoms with Crippen LogP contribution in [0.1, 0.15) is 30.9 Å². The Hall–Kier alpha value is -2.82. The van der Waals surface area contributed by atoms with Gasteiger partial charge in [-0.2, -0.15) is 8.78 Å². The van der Waals surface area contributed by atoms with Crippen molar-refractivity contribution in [3.8, 4) is 17.2 Å². The number of fused-ring (bicyclic) bond motifs is 3. The first kappa shape index (κ1) is 18.5. The van der Waals surface area contributed by atoms with Gasteiger partial charge in [0.15, 0.2) is 0 Å². The van der Waals surface area contributed by atoms with Gasteiger partial charge in [-0.25, -0.2) is 0 Å². The van der Waals surface area contributed by atoms with Crippen molar-refractivity contribution < 1.29 is 23.0 Å². The number of rotatable bonds is 5. The Labute approximate surface area is 162 Å². The smallest absolute Gasteiger partial charge is 0.405 e. The largest absolute Gasteiger partial charge is 0.494 e.